The van der Waals surface area contributed by atoms with Gasteiger partial charge in [0.15, 0.2) is 0 Å². The summed E-state index contributed by atoms with van der Waals surface area (Å²) in [5.41, 5.74) is 8.01. The van der Waals surface area contributed by atoms with Crippen LogP contribution in [0.3, 0.4) is 0 Å². The molecule has 2 heteroatoms. The second kappa shape index (κ2) is 5.73. The summed E-state index contributed by atoms with van der Waals surface area (Å²) >= 11 is 0. The fraction of sp³-hybridized carbons (Fsp3) is 0.261. The van der Waals surface area contributed by atoms with Crippen LogP contribution in [-0.2, 0) is 5.41 Å². The van der Waals surface area contributed by atoms with Gasteiger partial charge in [-0.1, -0.05) is 44.2 Å². The van der Waals surface area contributed by atoms with Crippen molar-refractivity contribution < 1.29 is 0 Å². The molecule has 2 aromatic carbocycles. The average Bonchev–Trinajstić information content (AvgIpc) is 2.84. The molecule has 0 aliphatic heterocycles. The SMILES string of the molecule is CC(C)N(c1ccncc1)c1ccc2c(c1)C(C)(C)c1ccccc1-2. The Morgan fingerprint density at radius 2 is 1.48 bits per heavy atom. The maximum absolute atomic E-state index is 4.16. The molecular formula is C23H24N2. The van der Waals surface area contributed by atoms with E-state index in [0.717, 1.165) is 0 Å². The first kappa shape index (κ1) is 15.9. The number of fused-ring (bicyclic) bond motifs is 3. The Kier molecular flexibility index (Phi) is 3.64. The van der Waals surface area contributed by atoms with Crippen molar-refractivity contribution >= 4 is 11.4 Å². The van der Waals surface area contributed by atoms with Crippen LogP contribution in [0, 0.1) is 0 Å². The van der Waals surface area contributed by atoms with E-state index in [1.807, 2.05) is 12.4 Å². The second-order valence-corrected chi connectivity index (χ2v) is 7.57. The highest BCUT2D eigenvalue weighted by Gasteiger charge is 2.35. The first-order valence-electron chi connectivity index (χ1n) is 8.94. The number of nitrogens with zero attached hydrogens (tertiary/aromatic N) is 2. The quantitative estimate of drug-likeness (QED) is 0.592. The Morgan fingerprint density at radius 3 is 2.20 bits per heavy atom. The lowest BCUT2D eigenvalue weighted by Gasteiger charge is -2.30. The number of rotatable bonds is 3. The molecule has 1 aliphatic rings. The van der Waals surface area contributed by atoms with Gasteiger partial charge in [0.1, 0.15) is 0 Å². The van der Waals surface area contributed by atoms with Crippen molar-refractivity contribution in [2.24, 2.45) is 0 Å². The van der Waals surface area contributed by atoms with E-state index in [1.54, 1.807) is 0 Å². The third-order valence-corrected chi connectivity index (χ3v) is 5.30. The molecule has 1 heterocycles. The topological polar surface area (TPSA) is 16.1 Å². The van der Waals surface area contributed by atoms with Gasteiger partial charge in [0, 0.05) is 35.2 Å². The summed E-state index contributed by atoms with van der Waals surface area (Å²) in [5.74, 6) is 0. The number of hydrogen-bond donors (Lipinski definition) is 0. The molecule has 0 saturated carbocycles. The molecule has 0 amide bonds. The smallest absolute Gasteiger partial charge is 0.0444 e. The van der Waals surface area contributed by atoms with Gasteiger partial charge >= 0.3 is 0 Å². The Bertz CT molecular complexity index is 910. The molecule has 0 bridgehead atoms. The van der Waals surface area contributed by atoms with Crippen molar-refractivity contribution in [3.05, 3.63) is 78.1 Å². The van der Waals surface area contributed by atoms with Gasteiger partial charge in [0.2, 0.25) is 0 Å². The zero-order chi connectivity index (χ0) is 17.6. The number of aromatic nitrogens is 1. The van der Waals surface area contributed by atoms with E-state index >= 15 is 0 Å². The molecule has 4 rings (SSSR count). The Balaban J connectivity index is 1.86. The van der Waals surface area contributed by atoms with Crippen molar-refractivity contribution in [2.75, 3.05) is 4.90 Å². The molecule has 0 spiro atoms. The lowest BCUT2D eigenvalue weighted by Crippen LogP contribution is -2.26. The number of hydrogen-bond acceptors (Lipinski definition) is 2. The van der Waals surface area contributed by atoms with Crippen LogP contribution in [0.5, 0.6) is 0 Å². The number of benzene rings is 2. The Hall–Kier alpha value is -2.61. The van der Waals surface area contributed by atoms with E-state index in [1.165, 1.54) is 33.6 Å². The summed E-state index contributed by atoms with van der Waals surface area (Å²) in [6.07, 6.45) is 3.72. The number of anilines is 2. The highest BCUT2D eigenvalue weighted by Crippen LogP contribution is 2.49. The maximum atomic E-state index is 4.16. The second-order valence-electron chi connectivity index (χ2n) is 7.57. The van der Waals surface area contributed by atoms with Gasteiger partial charge in [-0.3, -0.25) is 4.98 Å². The van der Waals surface area contributed by atoms with Gasteiger partial charge in [-0.25, -0.2) is 0 Å². The molecule has 3 aromatic rings. The van der Waals surface area contributed by atoms with E-state index in [2.05, 4.69) is 92.2 Å². The molecule has 0 N–H and O–H groups in total. The summed E-state index contributed by atoms with van der Waals surface area (Å²) in [4.78, 5) is 6.54. The van der Waals surface area contributed by atoms with Crippen molar-refractivity contribution in [3.8, 4) is 11.1 Å². The highest BCUT2D eigenvalue weighted by molar-refractivity contribution is 5.83. The molecule has 2 nitrogen and oxygen atoms in total. The van der Waals surface area contributed by atoms with Crippen molar-refractivity contribution in [2.45, 2.75) is 39.2 Å². The van der Waals surface area contributed by atoms with Crippen LogP contribution in [0.15, 0.2) is 67.0 Å². The summed E-state index contributed by atoms with van der Waals surface area (Å²) in [7, 11) is 0. The van der Waals surface area contributed by atoms with Crippen LogP contribution in [0.2, 0.25) is 0 Å². The summed E-state index contributed by atoms with van der Waals surface area (Å²) in [6.45, 7) is 9.11. The first-order valence-corrected chi connectivity index (χ1v) is 8.94. The highest BCUT2D eigenvalue weighted by atomic mass is 15.2. The molecule has 126 valence electrons. The molecule has 1 aromatic heterocycles. The third kappa shape index (κ3) is 2.44. The Morgan fingerprint density at radius 1 is 0.800 bits per heavy atom. The predicted molar refractivity (Wildman–Crippen MR) is 106 cm³/mol. The summed E-state index contributed by atoms with van der Waals surface area (Å²) in [5, 5.41) is 0. The zero-order valence-electron chi connectivity index (χ0n) is 15.3. The minimum atomic E-state index is 0.0306. The molecule has 1 aliphatic carbocycles. The van der Waals surface area contributed by atoms with E-state index in [9.17, 15) is 0 Å². The number of pyridine rings is 1. The van der Waals surface area contributed by atoms with Gasteiger partial charge in [0.05, 0.1) is 0 Å². The minimum absolute atomic E-state index is 0.0306. The van der Waals surface area contributed by atoms with Crippen LogP contribution >= 0.6 is 0 Å². The van der Waals surface area contributed by atoms with E-state index in [-0.39, 0.29) is 5.41 Å². The van der Waals surface area contributed by atoms with E-state index in [4.69, 9.17) is 0 Å². The van der Waals surface area contributed by atoms with Crippen LogP contribution in [-0.4, -0.2) is 11.0 Å². The molecular weight excluding hydrogens is 304 g/mol. The standard InChI is InChI=1S/C23H24N2/c1-16(2)25(17-11-13-24-14-12-17)18-9-10-20-19-7-5-6-8-21(19)23(3,4)22(20)15-18/h5-16H,1-4H3. The minimum Gasteiger partial charge on any atom is -0.339 e. The molecule has 0 unspecified atom stereocenters. The lowest BCUT2D eigenvalue weighted by atomic mass is 9.82. The van der Waals surface area contributed by atoms with Gasteiger partial charge in [-0.2, -0.15) is 0 Å². The van der Waals surface area contributed by atoms with Gasteiger partial charge in [-0.05, 0) is 60.4 Å². The fourth-order valence-electron chi connectivity index (χ4n) is 4.09. The van der Waals surface area contributed by atoms with Crippen molar-refractivity contribution in [1.82, 2.24) is 4.98 Å². The fourth-order valence-corrected chi connectivity index (χ4v) is 4.09. The molecule has 0 atom stereocenters. The summed E-state index contributed by atoms with van der Waals surface area (Å²) in [6, 6.07) is 20.2. The van der Waals surface area contributed by atoms with Crippen LogP contribution < -0.4 is 4.90 Å². The molecule has 25 heavy (non-hydrogen) atoms. The predicted octanol–water partition coefficient (Wildman–Crippen LogP) is 5.93. The Labute approximate surface area is 150 Å². The van der Waals surface area contributed by atoms with Crippen LogP contribution in [0.4, 0.5) is 11.4 Å². The zero-order valence-corrected chi connectivity index (χ0v) is 15.3. The van der Waals surface area contributed by atoms with Gasteiger partial charge in [-0.15, -0.1) is 0 Å². The third-order valence-electron chi connectivity index (χ3n) is 5.30. The van der Waals surface area contributed by atoms with Crippen LogP contribution in [0.1, 0.15) is 38.8 Å². The normalized spacial score (nSPS) is 14.3. The molecule has 0 fully saturated rings. The van der Waals surface area contributed by atoms with Gasteiger partial charge in [0.25, 0.3) is 0 Å². The largest absolute Gasteiger partial charge is 0.339 e. The molecule has 0 saturated heterocycles. The van der Waals surface area contributed by atoms with Gasteiger partial charge < -0.3 is 4.90 Å². The average molecular weight is 328 g/mol. The summed E-state index contributed by atoms with van der Waals surface area (Å²) < 4.78 is 0. The van der Waals surface area contributed by atoms with Crippen LogP contribution in [0.25, 0.3) is 11.1 Å². The van der Waals surface area contributed by atoms with E-state index in [0.29, 0.717) is 6.04 Å². The maximum Gasteiger partial charge on any atom is 0.0444 e. The lowest BCUT2D eigenvalue weighted by molar-refractivity contribution is 0.659. The monoisotopic (exact) mass is 328 g/mol. The van der Waals surface area contributed by atoms with Crippen molar-refractivity contribution in [3.63, 3.8) is 0 Å². The van der Waals surface area contributed by atoms with E-state index < -0.39 is 0 Å². The first-order chi connectivity index (χ1) is 12.0. The molecule has 0 radical (unpaired) electrons. The van der Waals surface area contributed by atoms with Crippen molar-refractivity contribution in [1.29, 1.82) is 0 Å².